The SMILES string of the molecule is CCO[C@H](C)C(C)(F)NC(=O)OC(C)(C)C. The standard InChI is InChI=1S/C11H22FNO3/c1-7-15-8(2)11(6,12)13-9(14)16-10(3,4)5/h8H,7H2,1-6H3,(H,13,14)/t8-,11?/m1/s1. The maximum Gasteiger partial charge on any atom is 0.410 e. The molecule has 1 N–H and O–H groups in total. The summed E-state index contributed by atoms with van der Waals surface area (Å²) < 4.78 is 24.0. The summed E-state index contributed by atoms with van der Waals surface area (Å²) in [6.07, 6.45) is -1.52. The van der Waals surface area contributed by atoms with Gasteiger partial charge in [0.05, 0.1) is 0 Å². The lowest BCUT2D eigenvalue weighted by molar-refractivity contribution is -0.0578. The van der Waals surface area contributed by atoms with Crippen molar-refractivity contribution in [2.24, 2.45) is 0 Å². The molecule has 0 aliphatic rings. The highest BCUT2D eigenvalue weighted by molar-refractivity contribution is 5.68. The lowest BCUT2D eigenvalue weighted by atomic mass is 10.1. The van der Waals surface area contributed by atoms with E-state index in [1.807, 2.05) is 0 Å². The zero-order chi connectivity index (χ0) is 13.0. The smallest absolute Gasteiger partial charge is 0.410 e. The minimum atomic E-state index is -1.95. The van der Waals surface area contributed by atoms with Crippen LogP contribution in [-0.2, 0) is 9.47 Å². The number of hydrogen-bond donors (Lipinski definition) is 1. The van der Waals surface area contributed by atoms with E-state index in [-0.39, 0.29) is 0 Å². The van der Waals surface area contributed by atoms with Gasteiger partial charge in [-0.25, -0.2) is 9.18 Å². The molecule has 0 aliphatic carbocycles. The number of ether oxygens (including phenoxy) is 2. The van der Waals surface area contributed by atoms with Crippen molar-refractivity contribution in [2.45, 2.75) is 59.0 Å². The van der Waals surface area contributed by atoms with Gasteiger partial charge in [0, 0.05) is 6.61 Å². The maximum absolute atomic E-state index is 14.0. The third kappa shape index (κ3) is 5.90. The van der Waals surface area contributed by atoms with Crippen LogP contribution in [0.2, 0.25) is 0 Å². The van der Waals surface area contributed by atoms with E-state index in [0.717, 1.165) is 0 Å². The van der Waals surface area contributed by atoms with E-state index in [1.54, 1.807) is 34.6 Å². The summed E-state index contributed by atoms with van der Waals surface area (Å²) in [5.74, 6) is -1.95. The molecular formula is C11H22FNO3. The van der Waals surface area contributed by atoms with E-state index in [9.17, 15) is 9.18 Å². The average Bonchev–Trinajstić information content (AvgIpc) is 1.99. The summed E-state index contributed by atoms with van der Waals surface area (Å²) in [5.41, 5.74) is -0.644. The van der Waals surface area contributed by atoms with Gasteiger partial charge in [0.15, 0.2) is 0 Å². The molecule has 0 aromatic heterocycles. The van der Waals surface area contributed by atoms with Crippen molar-refractivity contribution >= 4 is 6.09 Å². The Morgan fingerprint density at radius 2 is 1.88 bits per heavy atom. The van der Waals surface area contributed by atoms with Crippen LogP contribution >= 0.6 is 0 Å². The molecule has 0 aromatic carbocycles. The van der Waals surface area contributed by atoms with E-state index < -0.39 is 23.6 Å². The first kappa shape index (κ1) is 15.2. The summed E-state index contributed by atoms with van der Waals surface area (Å²) in [4.78, 5) is 11.4. The average molecular weight is 235 g/mol. The predicted octanol–water partition coefficient (Wildman–Crippen LogP) is 2.62. The normalized spacial score (nSPS) is 17.4. The molecule has 16 heavy (non-hydrogen) atoms. The predicted molar refractivity (Wildman–Crippen MR) is 60.0 cm³/mol. The van der Waals surface area contributed by atoms with Gasteiger partial charge in [-0.1, -0.05) is 0 Å². The van der Waals surface area contributed by atoms with Crippen molar-refractivity contribution in [2.75, 3.05) is 6.61 Å². The molecule has 0 radical (unpaired) electrons. The second-order valence-electron chi connectivity index (χ2n) is 4.80. The van der Waals surface area contributed by atoms with Gasteiger partial charge in [-0.3, -0.25) is 5.32 Å². The number of alkyl halides is 1. The zero-order valence-corrected chi connectivity index (χ0v) is 10.9. The summed E-state index contributed by atoms with van der Waals surface area (Å²) >= 11 is 0. The highest BCUT2D eigenvalue weighted by Crippen LogP contribution is 2.16. The molecule has 0 rings (SSSR count). The minimum Gasteiger partial charge on any atom is -0.444 e. The molecule has 0 saturated carbocycles. The second-order valence-corrected chi connectivity index (χ2v) is 4.80. The van der Waals surface area contributed by atoms with Gasteiger partial charge in [-0.15, -0.1) is 0 Å². The molecule has 0 fully saturated rings. The molecule has 96 valence electrons. The number of alkyl carbamates (subject to hydrolysis) is 1. The molecule has 1 amide bonds. The number of halogens is 1. The van der Waals surface area contributed by atoms with Crippen LogP contribution in [0.25, 0.3) is 0 Å². The Bertz CT molecular complexity index is 236. The number of nitrogens with one attached hydrogen (secondary N) is 1. The third-order valence-electron chi connectivity index (χ3n) is 1.93. The van der Waals surface area contributed by atoms with Crippen molar-refractivity contribution in [1.29, 1.82) is 0 Å². The quantitative estimate of drug-likeness (QED) is 0.762. The number of hydrogen-bond acceptors (Lipinski definition) is 3. The lowest BCUT2D eigenvalue weighted by Crippen LogP contribution is -2.52. The highest BCUT2D eigenvalue weighted by Gasteiger charge is 2.34. The Hall–Kier alpha value is -0.840. The topological polar surface area (TPSA) is 47.6 Å². The van der Waals surface area contributed by atoms with Gasteiger partial charge in [0.2, 0.25) is 5.79 Å². The molecule has 0 aliphatic heterocycles. The van der Waals surface area contributed by atoms with E-state index in [2.05, 4.69) is 5.32 Å². The van der Waals surface area contributed by atoms with Crippen LogP contribution in [0.5, 0.6) is 0 Å². The van der Waals surface area contributed by atoms with Crippen molar-refractivity contribution in [3.63, 3.8) is 0 Å². The van der Waals surface area contributed by atoms with Crippen LogP contribution in [0.4, 0.5) is 9.18 Å². The fourth-order valence-corrected chi connectivity index (χ4v) is 1.01. The van der Waals surface area contributed by atoms with Crippen LogP contribution in [0.1, 0.15) is 41.5 Å². The van der Waals surface area contributed by atoms with Crippen LogP contribution in [0, 0.1) is 0 Å². The fraction of sp³-hybridized carbons (Fsp3) is 0.909. The van der Waals surface area contributed by atoms with Crippen molar-refractivity contribution in [3.05, 3.63) is 0 Å². The van der Waals surface area contributed by atoms with Crippen molar-refractivity contribution in [1.82, 2.24) is 5.32 Å². The maximum atomic E-state index is 14.0. The van der Waals surface area contributed by atoms with E-state index >= 15 is 0 Å². The lowest BCUT2D eigenvalue weighted by Gasteiger charge is -2.29. The first-order chi connectivity index (χ1) is 7.08. The van der Waals surface area contributed by atoms with Gasteiger partial charge < -0.3 is 9.47 Å². The Morgan fingerprint density at radius 1 is 1.38 bits per heavy atom. The third-order valence-corrected chi connectivity index (χ3v) is 1.93. The van der Waals surface area contributed by atoms with E-state index in [0.29, 0.717) is 6.61 Å². The largest absolute Gasteiger partial charge is 0.444 e. The molecular weight excluding hydrogens is 213 g/mol. The van der Waals surface area contributed by atoms with Crippen LogP contribution in [0.15, 0.2) is 0 Å². The molecule has 2 atom stereocenters. The minimum absolute atomic E-state index is 0.386. The Labute approximate surface area is 96.5 Å². The Kier molecular flexibility index (Phi) is 5.19. The van der Waals surface area contributed by atoms with Gasteiger partial charge in [-0.2, -0.15) is 0 Å². The number of carbonyl (C=O) groups excluding carboxylic acids is 1. The van der Waals surface area contributed by atoms with Gasteiger partial charge in [-0.05, 0) is 41.5 Å². The highest BCUT2D eigenvalue weighted by atomic mass is 19.1. The van der Waals surface area contributed by atoms with Crippen LogP contribution < -0.4 is 5.32 Å². The molecule has 0 saturated heterocycles. The summed E-state index contributed by atoms with van der Waals surface area (Å²) in [5, 5.41) is 2.14. The molecule has 4 nitrogen and oxygen atoms in total. The summed E-state index contributed by atoms with van der Waals surface area (Å²) in [6, 6.07) is 0. The summed E-state index contributed by atoms with van der Waals surface area (Å²) in [6.45, 7) is 10.1. The molecule has 5 heteroatoms. The molecule has 0 aromatic rings. The first-order valence-electron chi connectivity index (χ1n) is 5.40. The molecule has 0 spiro atoms. The molecule has 0 bridgehead atoms. The van der Waals surface area contributed by atoms with Gasteiger partial charge in [0.1, 0.15) is 11.7 Å². The van der Waals surface area contributed by atoms with E-state index in [4.69, 9.17) is 9.47 Å². The summed E-state index contributed by atoms with van der Waals surface area (Å²) in [7, 11) is 0. The number of amides is 1. The van der Waals surface area contributed by atoms with Crippen molar-refractivity contribution < 1.29 is 18.7 Å². The number of carbonyl (C=O) groups is 1. The van der Waals surface area contributed by atoms with Crippen LogP contribution in [0.3, 0.4) is 0 Å². The van der Waals surface area contributed by atoms with Crippen LogP contribution in [-0.4, -0.2) is 30.2 Å². The fourth-order valence-electron chi connectivity index (χ4n) is 1.01. The monoisotopic (exact) mass is 235 g/mol. The number of rotatable bonds is 4. The Morgan fingerprint density at radius 3 is 2.25 bits per heavy atom. The first-order valence-corrected chi connectivity index (χ1v) is 5.40. The second kappa shape index (κ2) is 5.48. The van der Waals surface area contributed by atoms with Gasteiger partial charge in [0.25, 0.3) is 0 Å². The van der Waals surface area contributed by atoms with Crippen molar-refractivity contribution in [3.8, 4) is 0 Å². The van der Waals surface area contributed by atoms with Gasteiger partial charge >= 0.3 is 6.09 Å². The zero-order valence-electron chi connectivity index (χ0n) is 10.9. The molecule has 1 unspecified atom stereocenters. The Balaban J connectivity index is 4.30. The molecule has 0 heterocycles. The van der Waals surface area contributed by atoms with E-state index in [1.165, 1.54) is 6.92 Å².